The highest BCUT2D eigenvalue weighted by Gasteiger charge is 2.29. The van der Waals surface area contributed by atoms with Gasteiger partial charge in [0.05, 0.1) is 12.2 Å². The highest BCUT2D eigenvalue weighted by molar-refractivity contribution is 7.86. The molecular formula is C10H19N3O4S. The average molecular weight is 277 g/mol. The van der Waals surface area contributed by atoms with E-state index < -0.39 is 16.1 Å². The molecule has 18 heavy (non-hydrogen) atoms. The van der Waals surface area contributed by atoms with Crippen molar-refractivity contribution >= 4 is 22.0 Å². The molecule has 8 heteroatoms. The molecule has 0 unspecified atom stereocenters. The largest absolute Gasteiger partial charge is 0.370 e. The molecule has 1 aliphatic carbocycles. The summed E-state index contributed by atoms with van der Waals surface area (Å²) in [7, 11) is -3.71. The zero-order chi connectivity index (χ0) is 13.8. The SMILES string of the molecule is CS(=O)(=O)OC(=O)C1CCC(CN=C(N)N)CC1. The number of carbonyl (C=O) groups excluding carboxylic acids is 1. The van der Waals surface area contributed by atoms with Crippen LogP contribution in [0.15, 0.2) is 4.99 Å². The second-order valence-corrected chi connectivity index (χ2v) is 6.16. The Morgan fingerprint density at radius 2 is 1.83 bits per heavy atom. The molecular weight excluding hydrogens is 258 g/mol. The quantitative estimate of drug-likeness (QED) is 0.408. The van der Waals surface area contributed by atoms with Crippen LogP contribution in [0.2, 0.25) is 0 Å². The van der Waals surface area contributed by atoms with Gasteiger partial charge in [-0.25, -0.2) is 0 Å². The molecule has 0 heterocycles. The number of hydrogen-bond donors (Lipinski definition) is 2. The van der Waals surface area contributed by atoms with Crippen molar-refractivity contribution in [2.45, 2.75) is 25.7 Å². The minimum atomic E-state index is -3.71. The number of guanidine groups is 1. The topological polar surface area (TPSA) is 125 Å². The van der Waals surface area contributed by atoms with Gasteiger partial charge in [-0.05, 0) is 31.6 Å². The smallest absolute Gasteiger partial charge is 0.325 e. The second kappa shape index (κ2) is 6.03. The molecule has 1 aliphatic rings. The number of carbonyl (C=O) groups is 1. The van der Waals surface area contributed by atoms with Crippen LogP contribution in [0.25, 0.3) is 0 Å². The van der Waals surface area contributed by atoms with Crippen LogP contribution in [-0.2, 0) is 19.1 Å². The van der Waals surface area contributed by atoms with E-state index in [2.05, 4.69) is 9.18 Å². The van der Waals surface area contributed by atoms with E-state index in [4.69, 9.17) is 11.5 Å². The van der Waals surface area contributed by atoms with Gasteiger partial charge in [0, 0.05) is 6.54 Å². The van der Waals surface area contributed by atoms with Gasteiger partial charge in [0.1, 0.15) is 0 Å². The van der Waals surface area contributed by atoms with Crippen LogP contribution in [0.4, 0.5) is 0 Å². The molecule has 0 amide bonds. The summed E-state index contributed by atoms with van der Waals surface area (Å²) in [4.78, 5) is 15.5. The molecule has 0 aromatic rings. The summed E-state index contributed by atoms with van der Waals surface area (Å²) in [5.74, 6) is -0.587. The van der Waals surface area contributed by atoms with E-state index >= 15 is 0 Å². The Balaban J connectivity index is 2.40. The molecule has 7 nitrogen and oxygen atoms in total. The Morgan fingerprint density at radius 1 is 1.28 bits per heavy atom. The van der Waals surface area contributed by atoms with Crippen molar-refractivity contribution in [1.82, 2.24) is 0 Å². The Hall–Kier alpha value is -1.31. The van der Waals surface area contributed by atoms with Gasteiger partial charge in [-0.15, -0.1) is 0 Å². The third-order valence-electron chi connectivity index (χ3n) is 2.95. The van der Waals surface area contributed by atoms with Gasteiger partial charge in [0.15, 0.2) is 5.96 Å². The summed E-state index contributed by atoms with van der Waals surface area (Å²) in [6.45, 7) is 0.552. The molecule has 0 saturated heterocycles. The number of nitrogens with zero attached hydrogens (tertiary/aromatic N) is 1. The lowest BCUT2D eigenvalue weighted by Crippen LogP contribution is -2.28. The average Bonchev–Trinajstić information content (AvgIpc) is 2.24. The van der Waals surface area contributed by atoms with Crippen molar-refractivity contribution < 1.29 is 17.4 Å². The summed E-state index contributed by atoms with van der Waals surface area (Å²) in [6.07, 6.45) is 3.67. The molecule has 0 bridgehead atoms. The van der Waals surface area contributed by atoms with Crippen LogP contribution in [0, 0.1) is 11.8 Å². The van der Waals surface area contributed by atoms with Crippen molar-refractivity contribution in [3.63, 3.8) is 0 Å². The number of nitrogens with two attached hydrogens (primary N) is 2. The molecule has 0 aliphatic heterocycles. The van der Waals surface area contributed by atoms with Gasteiger partial charge in [-0.2, -0.15) is 8.42 Å². The van der Waals surface area contributed by atoms with Crippen molar-refractivity contribution in [3.8, 4) is 0 Å². The Morgan fingerprint density at radius 3 is 2.28 bits per heavy atom. The zero-order valence-electron chi connectivity index (χ0n) is 10.3. The van der Waals surface area contributed by atoms with Crippen LogP contribution in [-0.4, -0.2) is 33.1 Å². The highest BCUT2D eigenvalue weighted by atomic mass is 32.2. The lowest BCUT2D eigenvalue weighted by molar-refractivity contribution is -0.139. The van der Waals surface area contributed by atoms with Gasteiger partial charge in [-0.3, -0.25) is 9.79 Å². The third-order valence-corrected chi connectivity index (χ3v) is 3.41. The normalized spacial score (nSPS) is 24.3. The van der Waals surface area contributed by atoms with Gasteiger partial charge in [0.25, 0.3) is 0 Å². The van der Waals surface area contributed by atoms with Crippen LogP contribution >= 0.6 is 0 Å². The van der Waals surface area contributed by atoms with E-state index in [0.29, 0.717) is 25.3 Å². The molecule has 0 spiro atoms. The number of hydrogen-bond acceptors (Lipinski definition) is 5. The van der Waals surface area contributed by atoms with Crippen molar-refractivity contribution in [2.75, 3.05) is 12.8 Å². The fraction of sp³-hybridized carbons (Fsp3) is 0.800. The van der Waals surface area contributed by atoms with E-state index in [1.165, 1.54) is 0 Å². The Bertz CT molecular complexity index is 420. The maximum atomic E-state index is 11.5. The van der Waals surface area contributed by atoms with Crippen molar-refractivity contribution in [2.24, 2.45) is 28.3 Å². The monoisotopic (exact) mass is 277 g/mol. The minimum absolute atomic E-state index is 0.0635. The molecule has 104 valence electrons. The summed E-state index contributed by atoms with van der Waals surface area (Å²) in [5, 5.41) is 0. The first-order valence-electron chi connectivity index (χ1n) is 5.76. The predicted molar refractivity (Wildman–Crippen MR) is 67.1 cm³/mol. The first-order valence-corrected chi connectivity index (χ1v) is 7.58. The molecule has 0 radical (unpaired) electrons. The lowest BCUT2D eigenvalue weighted by atomic mass is 9.82. The molecule has 1 rings (SSSR count). The maximum absolute atomic E-state index is 11.5. The molecule has 1 saturated carbocycles. The first-order chi connectivity index (χ1) is 8.28. The maximum Gasteiger partial charge on any atom is 0.325 e. The zero-order valence-corrected chi connectivity index (χ0v) is 11.1. The first kappa shape index (κ1) is 14.7. The van der Waals surface area contributed by atoms with Crippen LogP contribution < -0.4 is 11.5 Å². The van der Waals surface area contributed by atoms with Gasteiger partial charge >= 0.3 is 16.1 Å². The second-order valence-electron chi connectivity index (χ2n) is 4.59. The molecule has 0 aromatic heterocycles. The van der Waals surface area contributed by atoms with E-state index in [1.54, 1.807) is 0 Å². The van der Waals surface area contributed by atoms with E-state index in [1.807, 2.05) is 0 Å². The third kappa shape index (κ3) is 5.35. The minimum Gasteiger partial charge on any atom is -0.370 e. The molecule has 1 fully saturated rings. The fourth-order valence-corrected chi connectivity index (χ4v) is 2.47. The van der Waals surface area contributed by atoms with Gasteiger partial charge in [-0.1, -0.05) is 0 Å². The fourth-order valence-electron chi connectivity index (χ4n) is 2.03. The summed E-state index contributed by atoms with van der Waals surface area (Å²) in [5.41, 5.74) is 10.5. The van der Waals surface area contributed by atoms with E-state index in [9.17, 15) is 13.2 Å². The number of rotatable bonds is 4. The molecule has 0 aromatic carbocycles. The van der Waals surface area contributed by atoms with Crippen molar-refractivity contribution in [3.05, 3.63) is 0 Å². The predicted octanol–water partition coefficient (Wildman–Crippen LogP) is -0.431. The van der Waals surface area contributed by atoms with Gasteiger partial charge < -0.3 is 15.7 Å². The van der Waals surface area contributed by atoms with Crippen LogP contribution in [0.3, 0.4) is 0 Å². The molecule has 0 atom stereocenters. The summed E-state index contributed by atoms with van der Waals surface area (Å²) >= 11 is 0. The Kier molecular flexibility index (Phi) is 4.94. The summed E-state index contributed by atoms with van der Waals surface area (Å²) < 4.78 is 26.1. The standard InChI is InChI=1S/C10H19N3O4S/c1-18(15,16)17-9(14)8-4-2-7(3-5-8)6-13-10(11)12/h7-8H,2-6H2,1H3,(H4,11,12,13). The van der Waals surface area contributed by atoms with E-state index in [-0.39, 0.29) is 11.9 Å². The summed E-state index contributed by atoms with van der Waals surface area (Å²) in [6, 6.07) is 0. The van der Waals surface area contributed by atoms with Crippen molar-refractivity contribution in [1.29, 1.82) is 0 Å². The Labute approximate surface area is 107 Å². The van der Waals surface area contributed by atoms with Crippen LogP contribution in [0.1, 0.15) is 25.7 Å². The van der Waals surface area contributed by atoms with E-state index in [0.717, 1.165) is 19.1 Å². The van der Waals surface area contributed by atoms with Gasteiger partial charge in [0.2, 0.25) is 0 Å². The highest BCUT2D eigenvalue weighted by Crippen LogP contribution is 2.30. The number of aliphatic imine (C=N–C) groups is 1. The van der Waals surface area contributed by atoms with Crippen LogP contribution in [0.5, 0.6) is 0 Å². The lowest BCUT2D eigenvalue weighted by Gasteiger charge is -2.25. The molecule has 4 N–H and O–H groups in total.